The van der Waals surface area contributed by atoms with Gasteiger partial charge in [-0.15, -0.1) is 0 Å². The van der Waals surface area contributed by atoms with E-state index in [0.29, 0.717) is 0 Å². The summed E-state index contributed by atoms with van der Waals surface area (Å²) in [6.45, 7) is 8.49. The van der Waals surface area contributed by atoms with Crippen LogP contribution in [0.5, 0.6) is 0 Å². The van der Waals surface area contributed by atoms with Crippen LogP contribution in [0.25, 0.3) is 0 Å². The Balaban J connectivity index is 2.14. The van der Waals surface area contributed by atoms with Crippen molar-refractivity contribution in [3.63, 3.8) is 0 Å². The van der Waals surface area contributed by atoms with Crippen LogP contribution in [-0.4, -0.2) is 18.7 Å². The molecule has 1 atom stereocenters. The first-order valence-corrected chi connectivity index (χ1v) is 8.36. The fourth-order valence-corrected chi connectivity index (χ4v) is 4.16. The lowest BCUT2D eigenvalue weighted by Crippen LogP contribution is -2.48. The summed E-state index contributed by atoms with van der Waals surface area (Å²) < 4.78 is 0. The van der Waals surface area contributed by atoms with Crippen LogP contribution in [0.2, 0.25) is 0 Å². The molecule has 4 rings (SSSR count). The summed E-state index contributed by atoms with van der Waals surface area (Å²) in [4.78, 5) is 20.3. The molecule has 0 saturated heterocycles. The van der Waals surface area contributed by atoms with Gasteiger partial charge in [0.05, 0.1) is 5.69 Å². The summed E-state index contributed by atoms with van der Waals surface area (Å²) >= 11 is 0. The lowest BCUT2D eigenvalue weighted by atomic mass is 9.65. The lowest BCUT2D eigenvalue weighted by molar-refractivity contribution is -0.119. The number of likely N-dealkylation sites (N-methyl/N-ethyl adjacent to an activating group) is 1. The molecular weight excluding hydrogens is 296 g/mol. The summed E-state index contributed by atoms with van der Waals surface area (Å²) in [5.41, 5.74) is 5.07. The summed E-state index contributed by atoms with van der Waals surface area (Å²) in [6.07, 6.45) is 0. The van der Waals surface area contributed by atoms with Crippen LogP contribution in [0.4, 0.5) is 11.4 Å². The highest BCUT2D eigenvalue weighted by atomic mass is 16.2. The molecule has 2 aromatic carbocycles. The van der Waals surface area contributed by atoms with Gasteiger partial charge in [-0.2, -0.15) is 0 Å². The topological polar surface area (TPSA) is 32.7 Å². The van der Waals surface area contributed by atoms with E-state index < -0.39 is 5.41 Å². The highest BCUT2D eigenvalue weighted by Gasteiger charge is 2.60. The number of rotatable bonds is 0. The number of nitrogens with zero attached hydrogens (tertiary/aromatic N) is 2. The predicted molar refractivity (Wildman–Crippen MR) is 98.4 cm³/mol. The molecule has 1 spiro atoms. The minimum Gasteiger partial charge on any atom is -0.314 e. The van der Waals surface area contributed by atoms with Crippen LogP contribution in [0.15, 0.2) is 47.5 Å². The molecule has 1 unspecified atom stereocenters. The van der Waals surface area contributed by atoms with Gasteiger partial charge in [0.25, 0.3) is 0 Å². The zero-order valence-electron chi connectivity index (χ0n) is 14.8. The second-order valence-corrected chi connectivity index (χ2v) is 7.86. The zero-order valence-corrected chi connectivity index (χ0v) is 14.8. The molecule has 1 amide bonds. The van der Waals surface area contributed by atoms with E-state index in [-0.39, 0.29) is 11.3 Å². The van der Waals surface area contributed by atoms with Crippen molar-refractivity contribution in [2.75, 3.05) is 11.9 Å². The number of benzene rings is 2. The first kappa shape index (κ1) is 15.1. The number of aliphatic imine (C=N–C) groups is 1. The first-order chi connectivity index (χ1) is 11.3. The van der Waals surface area contributed by atoms with Crippen LogP contribution >= 0.6 is 0 Å². The number of aryl methyl sites for hydroxylation is 1. The Kier molecular flexibility index (Phi) is 2.88. The molecule has 0 aliphatic carbocycles. The number of carbonyl (C=O) groups is 1. The molecule has 2 aliphatic heterocycles. The highest BCUT2D eigenvalue weighted by Crippen LogP contribution is 2.55. The number of anilines is 1. The Bertz CT molecular complexity index is 904. The van der Waals surface area contributed by atoms with E-state index in [4.69, 9.17) is 4.99 Å². The third kappa shape index (κ3) is 1.67. The van der Waals surface area contributed by atoms with Gasteiger partial charge in [-0.25, -0.2) is 0 Å². The molecule has 2 heterocycles. The van der Waals surface area contributed by atoms with Crippen LogP contribution in [0.1, 0.15) is 37.5 Å². The molecule has 2 aromatic rings. The number of hydrogen-bond donors (Lipinski definition) is 0. The standard InChI is InChI=1S/C21H22N2O/c1-13-10-11-16-15(12-13)21(18(22-16)20(2,3)4)14-8-6-7-9-17(14)23(5)19(21)24/h6-12H,1-5H3. The van der Waals surface area contributed by atoms with Crippen LogP contribution < -0.4 is 4.90 Å². The molecule has 0 bridgehead atoms. The number of amides is 1. The largest absolute Gasteiger partial charge is 0.314 e. The van der Waals surface area contributed by atoms with Crippen molar-refractivity contribution in [2.45, 2.75) is 33.1 Å². The smallest absolute Gasteiger partial charge is 0.247 e. The lowest BCUT2D eigenvalue weighted by Gasteiger charge is -2.33. The third-order valence-corrected chi connectivity index (χ3v) is 5.15. The predicted octanol–water partition coefficient (Wildman–Crippen LogP) is 4.39. The second kappa shape index (κ2) is 4.56. The molecule has 0 radical (unpaired) electrons. The van der Waals surface area contributed by atoms with Crippen molar-refractivity contribution < 1.29 is 4.79 Å². The van der Waals surface area contributed by atoms with E-state index in [2.05, 4.69) is 45.9 Å². The zero-order chi connectivity index (χ0) is 17.3. The average Bonchev–Trinajstić information content (AvgIpc) is 2.98. The van der Waals surface area contributed by atoms with Crippen molar-refractivity contribution in [1.82, 2.24) is 0 Å². The fraction of sp³-hybridized carbons (Fsp3) is 0.333. The number of carbonyl (C=O) groups excluding carboxylic acids is 1. The Hall–Kier alpha value is -2.42. The maximum atomic E-state index is 13.6. The van der Waals surface area contributed by atoms with Crippen molar-refractivity contribution in [3.8, 4) is 0 Å². The molecule has 0 N–H and O–H groups in total. The van der Waals surface area contributed by atoms with Crippen molar-refractivity contribution in [1.29, 1.82) is 0 Å². The van der Waals surface area contributed by atoms with Crippen LogP contribution in [0, 0.1) is 12.3 Å². The average molecular weight is 318 g/mol. The maximum Gasteiger partial charge on any atom is 0.247 e. The molecule has 24 heavy (non-hydrogen) atoms. The van der Waals surface area contributed by atoms with Gasteiger partial charge in [-0.3, -0.25) is 9.79 Å². The Morgan fingerprint density at radius 1 is 1.04 bits per heavy atom. The molecule has 0 fully saturated rings. The van der Waals surface area contributed by atoms with Gasteiger partial charge in [-0.05, 0) is 19.1 Å². The van der Waals surface area contributed by atoms with Gasteiger partial charge < -0.3 is 4.90 Å². The summed E-state index contributed by atoms with van der Waals surface area (Å²) in [5, 5.41) is 0. The van der Waals surface area contributed by atoms with Gasteiger partial charge in [0.1, 0.15) is 5.41 Å². The number of fused-ring (bicyclic) bond motifs is 4. The van der Waals surface area contributed by atoms with Gasteiger partial charge >= 0.3 is 0 Å². The van der Waals surface area contributed by atoms with Crippen LogP contribution in [0.3, 0.4) is 0 Å². The van der Waals surface area contributed by atoms with Crippen molar-refractivity contribution >= 4 is 23.0 Å². The van der Waals surface area contributed by atoms with E-state index in [9.17, 15) is 4.79 Å². The quantitative estimate of drug-likeness (QED) is 0.709. The van der Waals surface area contributed by atoms with Gasteiger partial charge in [0, 0.05) is 35.0 Å². The van der Waals surface area contributed by atoms with E-state index in [1.54, 1.807) is 4.90 Å². The van der Waals surface area contributed by atoms with E-state index in [1.807, 2.05) is 31.3 Å². The minimum absolute atomic E-state index is 0.0988. The SMILES string of the molecule is Cc1ccc2c(c1)C1(C(=O)N(C)c3ccccc31)C(C(C)(C)C)=N2. The molecular formula is C21H22N2O. The molecule has 0 aromatic heterocycles. The molecule has 122 valence electrons. The molecule has 2 aliphatic rings. The molecule has 3 heteroatoms. The highest BCUT2D eigenvalue weighted by molar-refractivity contribution is 6.29. The van der Waals surface area contributed by atoms with Crippen LogP contribution in [-0.2, 0) is 10.2 Å². The Morgan fingerprint density at radius 3 is 2.46 bits per heavy atom. The fourth-order valence-electron chi connectivity index (χ4n) is 4.16. The van der Waals surface area contributed by atoms with E-state index in [1.165, 1.54) is 0 Å². The van der Waals surface area contributed by atoms with Crippen molar-refractivity contribution in [2.24, 2.45) is 10.4 Å². The summed E-state index contributed by atoms with van der Waals surface area (Å²) in [5.74, 6) is 0.0988. The third-order valence-electron chi connectivity index (χ3n) is 5.15. The normalized spacial score (nSPS) is 22.0. The van der Waals surface area contributed by atoms with Crippen molar-refractivity contribution in [3.05, 3.63) is 59.2 Å². The first-order valence-electron chi connectivity index (χ1n) is 8.36. The molecule has 3 nitrogen and oxygen atoms in total. The second-order valence-electron chi connectivity index (χ2n) is 7.86. The Labute approximate surface area is 143 Å². The minimum atomic E-state index is -0.787. The number of hydrogen-bond acceptors (Lipinski definition) is 2. The van der Waals surface area contributed by atoms with E-state index in [0.717, 1.165) is 33.8 Å². The number of para-hydroxylation sites is 1. The summed E-state index contributed by atoms with van der Waals surface area (Å²) in [6, 6.07) is 14.3. The van der Waals surface area contributed by atoms with Gasteiger partial charge in [0.15, 0.2) is 0 Å². The van der Waals surface area contributed by atoms with Gasteiger partial charge in [0.2, 0.25) is 5.91 Å². The van der Waals surface area contributed by atoms with E-state index >= 15 is 0 Å². The molecule has 0 saturated carbocycles. The summed E-state index contributed by atoms with van der Waals surface area (Å²) in [7, 11) is 1.87. The monoisotopic (exact) mass is 318 g/mol. The van der Waals surface area contributed by atoms with Gasteiger partial charge in [-0.1, -0.05) is 56.7 Å². The Morgan fingerprint density at radius 2 is 1.75 bits per heavy atom. The maximum absolute atomic E-state index is 13.6.